The highest BCUT2D eigenvalue weighted by atomic mass is 32.2. The fourth-order valence-corrected chi connectivity index (χ4v) is 10.2. The van der Waals surface area contributed by atoms with E-state index in [1.165, 1.54) is 43.5 Å². The Balaban J connectivity index is 1.89. The molecule has 0 radical (unpaired) electrons. The Hall–Kier alpha value is -3.25. The summed E-state index contributed by atoms with van der Waals surface area (Å²) >= 11 is 0. The Bertz CT molecular complexity index is 2330. The van der Waals surface area contributed by atoms with Crippen LogP contribution < -0.4 is 9.80 Å². The van der Waals surface area contributed by atoms with Crippen molar-refractivity contribution in [2.24, 2.45) is 0 Å². The van der Waals surface area contributed by atoms with E-state index in [0.717, 1.165) is 4.90 Å². The molecule has 0 spiro atoms. The SMILES string of the molecule is COCCN1/C(=C/C=C/C2[NH+](CCCCCC(=O)O)c3ccc(S(=O)(=O)[O-])cc3C2(C)CCCS(=O)(=O)[O-])C(C)(CCCS(=O)(=O)[O-])c2cc(S(=O)(=O)[O-])ccc21. The lowest BCUT2D eigenvalue weighted by atomic mass is 9.74. The van der Waals surface area contributed by atoms with Crippen LogP contribution in [0, 0.1) is 0 Å². The summed E-state index contributed by atoms with van der Waals surface area (Å²) in [7, 11) is -17.6. The fraction of sp³-hybridized carbons (Fsp3) is 0.528. The number of hydrogen-bond donors (Lipinski definition) is 2. The number of nitrogens with zero attached hydrogens (tertiary/aromatic N) is 1. The van der Waals surface area contributed by atoms with Crippen LogP contribution in [-0.2, 0) is 60.8 Å². The number of unbranched alkanes of at least 4 members (excludes halogenated alkanes) is 2. The van der Waals surface area contributed by atoms with Gasteiger partial charge in [-0.05, 0) is 107 Å². The van der Waals surface area contributed by atoms with Crippen LogP contribution in [0.5, 0.6) is 0 Å². The number of rotatable bonds is 21. The molecule has 2 heterocycles. The second-order valence-corrected chi connectivity index (χ2v) is 20.6. The van der Waals surface area contributed by atoms with Gasteiger partial charge in [-0.3, -0.25) is 9.69 Å². The second kappa shape index (κ2) is 17.9. The molecule has 0 amide bonds. The van der Waals surface area contributed by atoms with Gasteiger partial charge in [0.2, 0.25) is 0 Å². The van der Waals surface area contributed by atoms with Gasteiger partial charge in [0.25, 0.3) is 0 Å². The maximum atomic E-state index is 12.2. The molecule has 2 N–H and O–H groups in total. The first-order valence-corrected chi connectivity index (χ1v) is 24.1. The predicted molar refractivity (Wildman–Crippen MR) is 203 cm³/mol. The van der Waals surface area contributed by atoms with Crippen molar-refractivity contribution in [1.82, 2.24) is 0 Å². The molecular formula is C36H47N2O15S4-3. The van der Waals surface area contributed by atoms with Gasteiger partial charge in [-0.1, -0.05) is 6.08 Å². The van der Waals surface area contributed by atoms with Crippen LogP contribution in [0.15, 0.2) is 70.1 Å². The van der Waals surface area contributed by atoms with Crippen LogP contribution in [0.1, 0.15) is 76.3 Å². The van der Waals surface area contributed by atoms with Crippen molar-refractivity contribution >= 4 is 57.8 Å². The van der Waals surface area contributed by atoms with Crippen LogP contribution in [0.2, 0.25) is 0 Å². The Morgan fingerprint density at radius 3 is 1.96 bits per heavy atom. The molecule has 0 saturated carbocycles. The normalized spacial score (nSPS) is 23.4. The lowest BCUT2D eigenvalue weighted by molar-refractivity contribution is -0.851. The van der Waals surface area contributed by atoms with Crippen LogP contribution in [0.4, 0.5) is 11.4 Å². The Morgan fingerprint density at radius 1 is 0.825 bits per heavy atom. The molecule has 0 bridgehead atoms. The maximum absolute atomic E-state index is 12.2. The number of hydrogen-bond acceptors (Lipinski definition) is 15. The number of quaternary nitrogens is 1. The van der Waals surface area contributed by atoms with E-state index >= 15 is 0 Å². The quantitative estimate of drug-likeness (QED) is 0.134. The summed E-state index contributed by atoms with van der Waals surface area (Å²) in [5.74, 6) is -2.35. The molecule has 0 aromatic heterocycles. The molecule has 318 valence electrons. The van der Waals surface area contributed by atoms with Gasteiger partial charge in [0.15, 0.2) is 0 Å². The average molecular weight is 876 g/mol. The molecule has 4 rings (SSSR count). The van der Waals surface area contributed by atoms with Gasteiger partial charge in [0.1, 0.15) is 32.0 Å². The largest absolute Gasteiger partial charge is 0.748 e. The molecule has 0 saturated heterocycles. The number of allylic oxidation sites excluding steroid dienone is 3. The summed E-state index contributed by atoms with van der Waals surface area (Å²) in [4.78, 5) is 12.8. The Morgan fingerprint density at radius 2 is 1.40 bits per heavy atom. The first-order chi connectivity index (χ1) is 26.3. The van der Waals surface area contributed by atoms with Gasteiger partial charge < -0.3 is 33.0 Å². The van der Waals surface area contributed by atoms with E-state index in [1.54, 1.807) is 26.0 Å². The van der Waals surface area contributed by atoms with Crippen molar-refractivity contribution in [2.45, 2.75) is 91.9 Å². The number of aliphatic carboxylic acids is 1. The van der Waals surface area contributed by atoms with E-state index < -0.39 is 84.6 Å². The van der Waals surface area contributed by atoms with Gasteiger partial charge in [0.05, 0.1) is 48.6 Å². The van der Waals surface area contributed by atoms with E-state index in [4.69, 9.17) is 9.84 Å². The van der Waals surface area contributed by atoms with Gasteiger partial charge >= 0.3 is 5.97 Å². The third-order valence-corrected chi connectivity index (χ3v) is 14.1. The average Bonchev–Trinajstić information content (AvgIpc) is 3.45. The standard InChI is InChI=1S/C36H50N2O15S4/c1-35(17-8-22-54(41,42)43)28-24-26(56(47,48)49)13-15-30(28)37(19-6-4-5-12-34(39)40)32(35)10-7-11-33-36(2,18-9-23-55(44,45)46)29-25-27(57(50,51)52)14-16-31(29)38(33)20-21-53-3/h7,10-11,13-16,24-25,32H,4-6,8-9,12,17-23H2,1-3H3,(H,39,40)(H,41,42,43)(H,44,45,46)(H,47,48,49)(H,50,51,52)/p-3/b10-7+,33-11+. The number of benzene rings is 2. The molecule has 2 aliphatic heterocycles. The van der Waals surface area contributed by atoms with Crippen LogP contribution >= 0.6 is 0 Å². The molecule has 21 heteroatoms. The topological polar surface area (TPSA) is 283 Å². The number of nitrogens with one attached hydrogen (secondary N) is 1. The third-order valence-electron chi connectivity index (χ3n) is 10.9. The molecule has 2 aromatic carbocycles. The molecule has 17 nitrogen and oxygen atoms in total. The summed E-state index contributed by atoms with van der Waals surface area (Å²) in [6, 6.07) is 7.27. The van der Waals surface area contributed by atoms with Crippen molar-refractivity contribution in [1.29, 1.82) is 0 Å². The van der Waals surface area contributed by atoms with E-state index in [9.17, 15) is 56.7 Å². The highest BCUT2D eigenvalue weighted by Crippen LogP contribution is 2.51. The lowest BCUT2D eigenvalue weighted by Crippen LogP contribution is -3.10. The predicted octanol–water partition coefficient (Wildman–Crippen LogP) is 1.81. The van der Waals surface area contributed by atoms with Gasteiger partial charge in [-0.2, -0.15) is 0 Å². The number of carboxylic acid groups (broad SMARTS) is 1. The fourth-order valence-electron chi connectivity index (χ4n) is 8.18. The van der Waals surface area contributed by atoms with Crippen molar-refractivity contribution in [2.75, 3.05) is 43.2 Å². The van der Waals surface area contributed by atoms with Gasteiger partial charge in [-0.15, -0.1) is 0 Å². The molecule has 4 atom stereocenters. The zero-order valence-electron chi connectivity index (χ0n) is 31.7. The molecule has 4 unspecified atom stereocenters. The van der Waals surface area contributed by atoms with E-state index in [0.29, 0.717) is 54.0 Å². The molecule has 0 fully saturated rings. The van der Waals surface area contributed by atoms with Crippen LogP contribution in [-0.4, -0.2) is 107 Å². The van der Waals surface area contributed by atoms with Gasteiger partial charge in [0, 0.05) is 60.0 Å². The summed E-state index contributed by atoms with van der Waals surface area (Å²) < 4.78 is 148. The van der Waals surface area contributed by atoms with Crippen molar-refractivity contribution < 1.29 is 71.4 Å². The number of carboxylic acids is 1. The third kappa shape index (κ3) is 11.5. The Labute approximate surface area is 334 Å². The molecule has 2 aliphatic rings. The van der Waals surface area contributed by atoms with E-state index in [2.05, 4.69) is 0 Å². The lowest BCUT2D eigenvalue weighted by Gasteiger charge is -2.32. The summed E-state index contributed by atoms with van der Waals surface area (Å²) in [5.41, 5.74) is 0.343. The molecule has 57 heavy (non-hydrogen) atoms. The van der Waals surface area contributed by atoms with Crippen molar-refractivity contribution in [3.8, 4) is 0 Å². The molecule has 2 aromatic rings. The number of anilines is 1. The summed E-state index contributed by atoms with van der Waals surface area (Å²) in [6.45, 7) is 4.35. The minimum Gasteiger partial charge on any atom is -0.748 e. The van der Waals surface area contributed by atoms with Gasteiger partial charge in [-0.25, -0.2) is 33.7 Å². The number of methoxy groups -OCH3 is 1. The summed E-state index contributed by atoms with van der Waals surface area (Å²) in [5, 5.41) is 9.13. The minimum atomic E-state index is -4.91. The number of carbonyl (C=O) groups is 1. The zero-order chi connectivity index (χ0) is 42.6. The first kappa shape index (κ1) is 46.4. The molecular weight excluding hydrogens is 829 g/mol. The first-order valence-electron chi connectivity index (χ1n) is 18.1. The van der Waals surface area contributed by atoms with Crippen LogP contribution in [0.3, 0.4) is 0 Å². The number of fused-ring (bicyclic) bond motifs is 2. The maximum Gasteiger partial charge on any atom is 0.303 e. The Kier molecular flexibility index (Phi) is 14.6. The van der Waals surface area contributed by atoms with Crippen molar-refractivity contribution in [3.63, 3.8) is 0 Å². The second-order valence-electron chi connectivity index (χ2n) is 14.8. The van der Waals surface area contributed by atoms with E-state index in [1.807, 2.05) is 11.0 Å². The highest BCUT2D eigenvalue weighted by molar-refractivity contribution is 7.86. The highest BCUT2D eigenvalue weighted by Gasteiger charge is 2.51. The smallest absolute Gasteiger partial charge is 0.303 e. The van der Waals surface area contributed by atoms with Crippen molar-refractivity contribution in [3.05, 3.63) is 71.5 Å². The molecule has 0 aliphatic carbocycles. The minimum absolute atomic E-state index is 0.0430. The number of ether oxygens (including phenoxy) is 1. The van der Waals surface area contributed by atoms with Crippen LogP contribution in [0.25, 0.3) is 0 Å². The summed E-state index contributed by atoms with van der Waals surface area (Å²) in [6.07, 6.45) is 6.57. The zero-order valence-corrected chi connectivity index (χ0v) is 35.0. The monoisotopic (exact) mass is 875 g/mol. The van der Waals surface area contributed by atoms with E-state index in [-0.39, 0.29) is 45.3 Å².